The minimum absolute atomic E-state index is 0.0297. The van der Waals surface area contributed by atoms with Crippen molar-refractivity contribution in [1.82, 2.24) is 19.4 Å². The van der Waals surface area contributed by atoms with Crippen LogP contribution in [-0.4, -0.2) is 74.1 Å². The second-order valence-electron chi connectivity index (χ2n) is 10.3. The van der Waals surface area contributed by atoms with E-state index < -0.39 is 11.6 Å². The van der Waals surface area contributed by atoms with Crippen molar-refractivity contribution in [3.63, 3.8) is 0 Å². The second-order valence-corrected chi connectivity index (χ2v) is 11.2. The van der Waals surface area contributed by atoms with Crippen LogP contribution in [0.25, 0.3) is 11.0 Å². The number of piperidine rings is 1. The van der Waals surface area contributed by atoms with E-state index in [9.17, 15) is 14.7 Å². The molecule has 2 aliphatic rings. The molecule has 11 heteroatoms. The molecule has 2 atom stereocenters. The molecule has 1 amide bonds. The number of ether oxygens (including phenoxy) is 2. The molecule has 4 rings (SSSR count). The molecule has 192 valence electrons. The van der Waals surface area contributed by atoms with Gasteiger partial charge in [0.2, 0.25) is 0 Å². The number of carbonyl (C=O) groups is 2. The Morgan fingerprint density at radius 2 is 1.94 bits per heavy atom. The van der Waals surface area contributed by atoms with Crippen LogP contribution in [-0.2, 0) is 9.53 Å². The Morgan fingerprint density at radius 1 is 1.20 bits per heavy atom. The predicted molar refractivity (Wildman–Crippen MR) is 136 cm³/mol. The van der Waals surface area contributed by atoms with Crippen molar-refractivity contribution in [3.05, 3.63) is 12.3 Å². The van der Waals surface area contributed by atoms with Crippen molar-refractivity contribution < 1.29 is 24.2 Å². The molecule has 1 aliphatic heterocycles. The number of pyridine rings is 1. The summed E-state index contributed by atoms with van der Waals surface area (Å²) in [6, 6.07) is 1.89. The molecule has 3 heterocycles. The third-order valence-corrected chi connectivity index (χ3v) is 7.21. The molecule has 1 saturated carbocycles. The zero-order valence-corrected chi connectivity index (χ0v) is 21.9. The molecule has 0 bridgehead atoms. The molecule has 1 aliphatic carbocycles. The summed E-state index contributed by atoms with van der Waals surface area (Å²) < 4.78 is 13.8. The molecule has 2 aromatic heterocycles. The predicted octanol–water partition coefficient (Wildman–Crippen LogP) is 4.34. The summed E-state index contributed by atoms with van der Waals surface area (Å²) in [4.78, 5) is 30.2. The molecule has 10 nitrogen and oxygen atoms in total. The van der Waals surface area contributed by atoms with Gasteiger partial charge in [-0.25, -0.2) is 14.2 Å². The standard InChI is InChI=1S/C24H36N5O5P/c1-24(2,3)34-23(32)28-13-5-6-16(14-28)26-20-19-18(11-12-25-21(19)29(27-20)35-4)33-17-9-7-15(8-10-17)22(30)31/h11-12,15-17,35H,5-10,13-14H2,1-4H3,(H,26,27)(H,30,31)/t15?,16-,17?/m1/s1. The maximum atomic E-state index is 12.6. The van der Waals surface area contributed by atoms with Gasteiger partial charge < -0.3 is 24.8 Å². The van der Waals surface area contributed by atoms with E-state index >= 15 is 0 Å². The van der Waals surface area contributed by atoms with Gasteiger partial charge in [0.1, 0.15) is 16.7 Å². The number of amides is 1. The number of hydrogen-bond acceptors (Lipinski definition) is 7. The topological polar surface area (TPSA) is 119 Å². The number of nitrogens with one attached hydrogen (secondary N) is 1. The molecule has 0 radical (unpaired) electrons. The molecule has 0 spiro atoms. The summed E-state index contributed by atoms with van der Waals surface area (Å²) in [5.41, 5.74) is 0.223. The molecule has 1 saturated heterocycles. The Kier molecular flexibility index (Phi) is 7.69. The summed E-state index contributed by atoms with van der Waals surface area (Å²) >= 11 is 0. The van der Waals surface area contributed by atoms with Gasteiger partial charge in [0.15, 0.2) is 11.5 Å². The third kappa shape index (κ3) is 6.15. The van der Waals surface area contributed by atoms with Crippen molar-refractivity contribution in [3.8, 4) is 5.75 Å². The van der Waals surface area contributed by atoms with Gasteiger partial charge in [0.25, 0.3) is 0 Å². The van der Waals surface area contributed by atoms with Crippen molar-refractivity contribution >= 4 is 37.6 Å². The van der Waals surface area contributed by atoms with E-state index in [1.165, 1.54) is 0 Å². The Morgan fingerprint density at radius 3 is 2.60 bits per heavy atom. The lowest BCUT2D eigenvalue weighted by atomic mass is 9.87. The molecule has 2 N–H and O–H groups in total. The lowest BCUT2D eigenvalue weighted by Crippen LogP contribution is -2.47. The zero-order valence-electron chi connectivity index (χ0n) is 20.9. The van der Waals surface area contributed by atoms with Crippen LogP contribution < -0.4 is 10.1 Å². The van der Waals surface area contributed by atoms with E-state index in [-0.39, 0.29) is 24.2 Å². The van der Waals surface area contributed by atoms with Gasteiger partial charge in [-0.3, -0.25) is 4.79 Å². The largest absolute Gasteiger partial charge is 0.489 e. The summed E-state index contributed by atoms with van der Waals surface area (Å²) in [6.07, 6.45) is 5.85. The highest BCUT2D eigenvalue weighted by atomic mass is 31.1. The minimum atomic E-state index is -0.723. The second kappa shape index (κ2) is 10.6. The number of likely N-dealkylation sites (tertiary alicyclic amines) is 1. The third-order valence-electron chi connectivity index (χ3n) is 6.47. The molecule has 2 fully saturated rings. The van der Waals surface area contributed by atoms with Crippen LogP contribution in [0.2, 0.25) is 0 Å². The Hall–Kier alpha value is -2.61. The lowest BCUT2D eigenvalue weighted by molar-refractivity contribution is -0.143. The van der Waals surface area contributed by atoms with Gasteiger partial charge in [-0.1, -0.05) is 0 Å². The van der Waals surface area contributed by atoms with E-state index in [1.54, 1.807) is 11.1 Å². The molecule has 35 heavy (non-hydrogen) atoms. The molecule has 0 aromatic carbocycles. The van der Waals surface area contributed by atoms with Gasteiger partial charge in [-0.2, -0.15) is 0 Å². The van der Waals surface area contributed by atoms with Crippen LogP contribution in [0.3, 0.4) is 0 Å². The smallest absolute Gasteiger partial charge is 0.410 e. The number of anilines is 1. The number of nitrogens with zero attached hydrogens (tertiary/aromatic N) is 4. The van der Waals surface area contributed by atoms with E-state index in [2.05, 4.69) is 10.3 Å². The Balaban J connectivity index is 1.52. The highest BCUT2D eigenvalue weighted by Crippen LogP contribution is 2.37. The minimum Gasteiger partial charge on any atom is -0.489 e. The molecule has 1 unspecified atom stereocenters. The fourth-order valence-electron chi connectivity index (χ4n) is 4.76. The van der Waals surface area contributed by atoms with Crippen molar-refractivity contribution in [2.24, 2.45) is 5.92 Å². The van der Waals surface area contributed by atoms with Gasteiger partial charge in [0, 0.05) is 34.1 Å². The average Bonchev–Trinajstić information content (AvgIpc) is 3.17. The average molecular weight is 506 g/mol. The monoisotopic (exact) mass is 505 g/mol. The molecule has 2 aromatic rings. The van der Waals surface area contributed by atoms with Crippen LogP contribution in [0, 0.1) is 5.92 Å². The summed E-state index contributed by atoms with van der Waals surface area (Å²) in [5, 5.41) is 18.5. The number of fused-ring (bicyclic) bond motifs is 1. The highest BCUT2D eigenvalue weighted by Gasteiger charge is 2.30. The number of aromatic nitrogens is 3. The SMILES string of the molecule is CPn1nc(N[C@@H]2CCCN(C(=O)OC(C)(C)C)C2)c2c(OC3CCC(C(=O)O)CC3)ccnc21. The number of hydrogen-bond donors (Lipinski definition) is 2. The van der Waals surface area contributed by atoms with Crippen LogP contribution in [0.1, 0.15) is 59.3 Å². The van der Waals surface area contributed by atoms with E-state index in [1.807, 2.05) is 38.0 Å². The van der Waals surface area contributed by atoms with Gasteiger partial charge >= 0.3 is 12.1 Å². The van der Waals surface area contributed by atoms with Crippen LogP contribution in [0.5, 0.6) is 5.75 Å². The van der Waals surface area contributed by atoms with Crippen LogP contribution >= 0.6 is 8.73 Å². The summed E-state index contributed by atoms with van der Waals surface area (Å²) in [6.45, 7) is 8.87. The van der Waals surface area contributed by atoms with Gasteiger partial charge in [0.05, 0.1) is 12.0 Å². The number of rotatable bonds is 6. The fraction of sp³-hybridized carbons (Fsp3) is 0.667. The maximum Gasteiger partial charge on any atom is 0.410 e. The Labute approximate surface area is 207 Å². The fourth-order valence-corrected chi connectivity index (χ4v) is 5.34. The Bertz CT molecular complexity index is 1060. The number of carboxylic acid groups (broad SMARTS) is 1. The normalized spacial score (nSPS) is 23.5. The first kappa shape index (κ1) is 25.5. The summed E-state index contributed by atoms with van der Waals surface area (Å²) in [5.74, 6) is 0.403. The van der Waals surface area contributed by atoms with Crippen molar-refractivity contribution in [2.45, 2.75) is 77.0 Å². The van der Waals surface area contributed by atoms with Crippen LogP contribution in [0.4, 0.5) is 10.6 Å². The van der Waals surface area contributed by atoms with Gasteiger partial charge in [-0.05, 0) is 72.0 Å². The first-order valence-electron chi connectivity index (χ1n) is 12.3. The van der Waals surface area contributed by atoms with E-state index in [0.717, 1.165) is 23.9 Å². The van der Waals surface area contributed by atoms with Crippen molar-refractivity contribution in [2.75, 3.05) is 25.1 Å². The van der Waals surface area contributed by atoms with Crippen molar-refractivity contribution in [1.29, 1.82) is 0 Å². The summed E-state index contributed by atoms with van der Waals surface area (Å²) in [7, 11) is 0.397. The van der Waals surface area contributed by atoms with E-state index in [4.69, 9.17) is 14.6 Å². The van der Waals surface area contributed by atoms with Gasteiger partial charge in [-0.15, -0.1) is 5.10 Å². The lowest BCUT2D eigenvalue weighted by Gasteiger charge is -2.34. The number of aliphatic carboxylic acids is 1. The first-order valence-corrected chi connectivity index (χ1v) is 13.8. The quantitative estimate of drug-likeness (QED) is 0.557. The molecular formula is C24H36N5O5P. The first-order chi connectivity index (χ1) is 16.6. The number of carbonyl (C=O) groups excluding carboxylic acids is 1. The van der Waals surface area contributed by atoms with Crippen LogP contribution in [0.15, 0.2) is 12.3 Å². The zero-order chi connectivity index (χ0) is 25.2. The number of carboxylic acids is 1. The maximum absolute atomic E-state index is 12.6. The van der Waals surface area contributed by atoms with E-state index in [0.29, 0.717) is 59.1 Å². The molecular weight excluding hydrogens is 469 g/mol. The highest BCUT2D eigenvalue weighted by molar-refractivity contribution is 7.35.